The van der Waals surface area contributed by atoms with Crippen molar-refractivity contribution in [1.82, 2.24) is 0 Å². The minimum absolute atomic E-state index is 0.203. The molecule has 0 amide bonds. The summed E-state index contributed by atoms with van der Waals surface area (Å²) in [5, 5.41) is 5.48. The molecule has 5 aromatic rings. The third kappa shape index (κ3) is 9.78. The van der Waals surface area contributed by atoms with Crippen LogP contribution in [-0.4, -0.2) is 3.26 Å². The standard InChI is InChI=1S/C21H25.C21H26.C5H5.Hf/c1-20(2,3)16-7-9-18-14(12-16)11-15-13-17(21(4,5)6)8-10-19(15)18;1-20(2,3)18-11-7-16(8-12-18)15-17-9-13-19(14-10-17)21(4,5)6;1-2-4-5-3-1;/h7-13H,1-6H3;7-14H,1-6H3;1-3H,4H2;/q-1;;-1;+2. The maximum atomic E-state index is 2.99. The van der Waals surface area contributed by atoms with Gasteiger partial charge in [0, 0.05) is 0 Å². The largest absolute Gasteiger partial charge is 0.273 e. The Kier molecular flexibility index (Phi) is 11.7. The van der Waals surface area contributed by atoms with Gasteiger partial charge in [-0.25, -0.2) is 12.2 Å². The molecule has 6 rings (SSSR count). The van der Waals surface area contributed by atoms with Crippen LogP contribution in [0.1, 0.15) is 123 Å². The van der Waals surface area contributed by atoms with E-state index < -0.39 is 0 Å². The molecule has 1 aliphatic rings. The minimum atomic E-state index is 0.203. The summed E-state index contributed by atoms with van der Waals surface area (Å²) in [6.45, 7) is 27.2. The maximum absolute atomic E-state index is 2.99. The Balaban J connectivity index is 0.000000189. The van der Waals surface area contributed by atoms with Gasteiger partial charge >= 0.3 is 150 Å². The summed E-state index contributed by atoms with van der Waals surface area (Å²) < 4.78 is 1.47. The summed E-state index contributed by atoms with van der Waals surface area (Å²) in [5.41, 5.74) is 9.18. The van der Waals surface area contributed by atoms with Crippen LogP contribution in [0.15, 0.2) is 109 Å². The van der Waals surface area contributed by atoms with Gasteiger partial charge in [0.15, 0.2) is 0 Å². The van der Waals surface area contributed by atoms with Crippen molar-refractivity contribution < 1.29 is 23.9 Å². The van der Waals surface area contributed by atoms with Gasteiger partial charge in [0.25, 0.3) is 0 Å². The smallest absolute Gasteiger partial charge is 0.0202 e. The molecule has 48 heavy (non-hydrogen) atoms. The minimum Gasteiger partial charge on any atom is -0.273 e. The molecule has 248 valence electrons. The zero-order chi connectivity index (χ0) is 35.5. The number of hydrogen-bond acceptors (Lipinski definition) is 0. The number of allylic oxidation sites excluding steroid dienone is 4. The molecule has 0 fully saturated rings. The average Bonchev–Trinajstić information content (AvgIpc) is 3.71. The molecule has 0 radical (unpaired) electrons. The van der Waals surface area contributed by atoms with Gasteiger partial charge in [-0.1, -0.05) is 76.9 Å². The topological polar surface area (TPSA) is 0 Å². The van der Waals surface area contributed by atoms with E-state index in [2.05, 4.69) is 186 Å². The van der Waals surface area contributed by atoms with Crippen LogP contribution in [0.25, 0.3) is 21.5 Å². The average molecular weight is 799 g/mol. The molecule has 0 saturated heterocycles. The quantitative estimate of drug-likeness (QED) is 0.123. The van der Waals surface area contributed by atoms with E-state index in [0.29, 0.717) is 0 Å². The Morgan fingerprint density at radius 1 is 0.521 bits per heavy atom. The summed E-state index contributed by atoms with van der Waals surface area (Å²) in [6.07, 6.45) is 10.0. The first-order valence-corrected chi connectivity index (χ1v) is 19.2. The summed E-state index contributed by atoms with van der Waals surface area (Å²) in [7, 11) is 0. The molecule has 5 aromatic carbocycles. The van der Waals surface area contributed by atoms with Gasteiger partial charge in [-0.3, -0.25) is 6.08 Å². The first-order chi connectivity index (χ1) is 22.2. The summed E-state index contributed by atoms with van der Waals surface area (Å²) in [4.78, 5) is 0. The normalized spacial score (nSPS) is 13.3. The molecule has 0 aliphatic heterocycles. The van der Waals surface area contributed by atoms with Crippen molar-refractivity contribution >= 4 is 24.8 Å². The summed E-state index contributed by atoms with van der Waals surface area (Å²) >= 11 is 1.06. The van der Waals surface area contributed by atoms with Gasteiger partial charge < -0.3 is 0 Å². The van der Waals surface area contributed by atoms with Crippen molar-refractivity contribution in [1.29, 1.82) is 0 Å². The van der Waals surface area contributed by atoms with E-state index in [9.17, 15) is 0 Å². The van der Waals surface area contributed by atoms with E-state index >= 15 is 0 Å². The molecular weight excluding hydrogens is 743 g/mol. The van der Waals surface area contributed by atoms with Crippen LogP contribution in [0.3, 0.4) is 0 Å². The Hall–Kier alpha value is -3.03. The van der Waals surface area contributed by atoms with Gasteiger partial charge in [0.1, 0.15) is 0 Å². The number of benzene rings is 4. The van der Waals surface area contributed by atoms with E-state index in [0.717, 1.165) is 30.3 Å². The monoisotopic (exact) mass is 800 g/mol. The first-order valence-electron chi connectivity index (χ1n) is 17.4. The summed E-state index contributed by atoms with van der Waals surface area (Å²) in [6, 6.07) is 34.4. The predicted molar refractivity (Wildman–Crippen MR) is 210 cm³/mol. The van der Waals surface area contributed by atoms with Crippen molar-refractivity contribution in [3.05, 3.63) is 149 Å². The second kappa shape index (κ2) is 14.8. The zero-order valence-corrected chi connectivity index (χ0v) is 35.2. The van der Waals surface area contributed by atoms with Gasteiger partial charge in [-0.2, -0.15) is 6.08 Å². The fourth-order valence-electron chi connectivity index (χ4n) is 5.74. The third-order valence-electron chi connectivity index (χ3n) is 9.10. The molecule has 0 nitrogen and oxygen atoms in total. The molecule has 0 N–H and O–H groups in total. The van der Waals surface area contributed by atoms with Crippen LogP contribution < -0.4 is 0 Å². The van der Waals surface area contributed by atoms with E-state index in [1.54, 1.807) is 0 Å². The predicted octanol–water partition coefficient (Wildman–Crippen LogP) is 13.0. The molecule has 0 unspecified atom stereocenters. The molecule has 1 aliphatic carbocycles. The second-order valence-electron chi connectivity index (χ2n) is 17.3. The number of hydrogen-bond donors (Lipinski definition) is 0. The maximum Gasteiger partial charge on any atom is -0.0202 e. The molecule has 1 heteroatoms. The Morgan fingerprint density at radius 2 is 0.875 bits per heavy atom. The second-order valence-corrected chi connectivity index (χ2v) is 19.1. The molecule has 0 heterocycles. The molecule has 0 aromatic heterocycles. The van der Waals surface area contributed by atoms with Crippen LogP contribution in [0.5, 0.6) is 0 Å². The van der Waals surface area contributed by atoms with Gasteiger partial charge in [0.05, 0.1) is 0 Å². The molecular formula is C47H56Hf. The van der Waals surface area contributed by atoms with Gasteiger partial charge in [0.2, 0.25) is 0 Å². The molecule has 0 atom stereocenters. The van der Waals surface area contributed by atoms with Crippen molar-refractivity contribution in [2.45, 2.75) is 111 Å². The molecule has 0 spiro atoms. The van der Waals surface area contributed by atoms with Gasteiger partial charge in [-0.15, -0.1) is 46.2 Å². The third-order valence-corrected chi connectivity index (χ3v) is 11.2. The van der Waals surface area contributed by atoms with Crippen LogP contribution >= 0.6 is 0 Å². The zero-order valence-electron chi connectivity index (χ0n) is 31.6. The Bertz CT molecular complexity index is 1760. The fourth-order valence-corrected chi connectivity index (χ4v) is 6.93. The van der Waals surface area contributed by atoms with E-state index in [1.807, 2.05) is 12.2 Å². The summed E-state index contributed by atoms with van der Waals surface area (Å²) in [5.74, 6) is 0. The Labute approximate surface area is 306 Å². The molecule has 0 bridgehead atoms. The van der Waals surface area contributed by atoms with E-state index in [-0.39, 0.29) is 21.7 Å². The van der Waals surface area contributed by atoms with Crippen molar-refractivity contribution in [2.24, 2.45) is 0 Å². The van der Waals surface area contributed by atoms with Crippen molar-refractivity contribution in [3.63, 3.8) is 0 Å². The van der Waals surface area contributed by atoms with Crippen LogP contribution in [0.2, 0.25) is 0 Å². The van der Waals surface area contributed by atoms with E-state index in [4.69, 9.17) is 0 Å². The van der Waals surface area contributed by atoms with E-state index in [1.165, 1.54) is 58.2 Å². The molecule has 0 saturated carbocycles. The van der Waals surface area contributed by atoms with Crippen molar-refractivity contribution in [2.75, 3.05) is 0 Å². The van der Waals surface area contributed by atoms with Crippen molar-refractivity contribution in [3.8, 4) is 0 Å². The Morgan fingerprint density at radius 3 is 1.15 bits per heavy atom. The first kappa shape index (κ1) is 37.8. The van der Waals surface area contributed by atoms with Crippen LogP contribution in [0.4, 0.5) is 0 Å². The number of rotatable bonds is 2. The van der Waals surface area contributed by atoms with Crippen LogP contribution in [-0.2, 0) is 45.6 Å². The fraction of sp³-hybridized carbons (Fsp3) is 0.362. The number of fused-ring (bicyclic) bond motifs is 3. The SMILES string of the molecule is CC(C)(C)c1ccc([C](=[Hf+2])c2ccc(C(C)(C)C)cc2)cc1.CC(C)(C)c1ccc2c(c1)[cH-]c1cc(C(C)(C)C)ccc12.[C-]1=CC=CC1. The van der Waals surface area contributed by atoms with Crippen LogP contribution in [0, 0.1) is 6.08 Å². The van der Waals surface area contributed by atoms with Gasteiger partial charge in [-0.05, 0) is 10.8 Å².